The molecule has 1 aromatic carbocycles. The van der Waals surface area contributed by atoms with Crippen molar-refractivity contribution in [1.29, 1.82) is 0 Å². The molecule has 0 spiro atoms. The molecular weight excluding hydrogens is 328 g/mol. The summed E-state index contributed by atoms with van der Waals surface area (Å²) < 4.78 is 7.52. The number of nitrogens with one attached hydrogen (secondary N) is 1. The van der Waals surface area contributed by atoms with Crippen LogP contribution in [0.4, 0.5) is 0 Å². The minimum atomic E-state index is -0.196. The fourth-order valence-corrected chi connectivity index (χ4v) is 3.00. The van der Waals surface area contributed by atoms with Crippen LogP contribution in [0.2, 0.25) is 0 Å². The SMILES string of the molecule is Cc1cc(C)c(C)c(OCCNC(=O)c2cnn3c(C)cc(C)nc23)c1. The second kappa shape index (κ2) is 7.15. The van der Waals surface area contributed by atoms with Gasteiger partial charge in [0.05, 0.1) is 12.7 Å². The maximum Gasteiger partial charge on any atom is 0.256 e. The second-order valence-electron chi connectivity index (χ2n) is 6.64. The van der Waals surface area contributed by atoms with Crippen molar-refractivity contribution in [2.75, 3.05) is 13.2 Å². The van der Waals surface area contributed by atoms with E-state index in [1.54, 1.807) is 10.7 Å². The first-order valence-electron chi connectivity index (χ1n) is 8.67. The highest BCUT2D eigenvalue weighted by Gasteiger charge is 2.15. The Bertz CT molecular complexity index is 976. The molecule has 0 saturated heterocycles. The predicted molar refractivity (Wildman–Crippen MR) is 101 cm³/mol. The summed E-state index contributed by atoms with van der Waals surface area (Å²) in [6.07, 6.45) is 1.55. The molecule has 0 aliphatic heterocycles. The Balaban J connectivity index is 1.64. The molecule has 3 aromatic rings. The van der Waals surface area contributed by atoms with Crippen LogP contribution in [-0.4, -0.2) is 33.7 Å². The summed E-state index contributed by atoms with van der Waals surface area (Å²) >= 11 is 0. The van der Waals surface area contributed by atoms with Crippen LogP contribution in [0.15, 0.2) is 24.4 Å². The summed E-state index contributed by atoms with van der Waals surface area (Å²) in [4.78, 5) is 16.9. The summed E-state index contributed by atoms with van der Waals surface area (Å²) in [5, 5.41) is 7.13. The van der Waals surface area contributed by atoms with E-state index in [0.29, 0.717) is 24.4 Å². The molecule has 0 unspecified atom stereocenters. The molecule has 6 heteroatoms. The molecule has 1 N–H and O–H groups in total. The number of carbonyl (C=O) groups excluding carboxylic acids is 1. The largest absolute Gasteiger partial charge is 0.491 e. The molecular formula is C20H24N4O2. The van der Waals surface area contributed by atoms with E-state index in [-0.39, 0.29) is 5.91 Å². The highest BCUT2D eigenvalue weighted by molar-refractivity contribution is 5.99. The standard InChI is InChI=1S/C20H24N4O2/c1-12-8-13(2)16(5)18(9-12)26-7-6-21-20(25)17-11-22-24-15(4)10-14(3)23-19(17)24/h8-11H,6-7H2,1-5H3,(H,21,25). The fraction of sp³-hybridized carbons (Fsp3) is 0.350. The fourth-order valence-electron chi connectivity index (χ4n) is 3.00. The molecule has 26 heavy (non-hydrogen) atoms. The van der Waals surface area contributed by atoms with Crippen molar-refractivity contribution in [1.82, 2.24) is 19.9 Å². The van der Waals surface area contributed by atoms with Crippen LogP contribution in [0.3, 0.4) is 0 Å². The van der Waals surface area contributed by atoms with E-state index in [2.05, 4.69) is 28.4 Å². The van der Waals surface area contributed by atoms with Gasteiger partial charge in [0.2, 0.25) is 0 Å². The van der Waals surface area contributed by atoms with Crippen molar-refractivity contribution in [3.63, 3.8) is 0 Å². The number of aromatic nitrogens is 3. The first-order chi connectivity index (χ1) is 12.4. The second-order valence-corrected chi connectivity index (χ2v) is 6.64. The average Bonchev–Trinajstić information content (AvgIpc) is 2.99. The molecule has 6 nitrogen and oxygen atoms in total. The lowest BCUT2D eigenvalue weighted by Gasteiger charge is -2.12. The lowest BCUT2D eigenvalue weighted by Crippen LogP contribution is -2.28. The third-order valence-electron chi connectivity index (χ3n) is 4.43. The zero-order valence-corrected chi connectivity index (χ0v) is 15.9. The number of nitrogens with zero attached hydrogens (tertiary/aromatic N) is 3. The third-order valence-corrected chi connectivity index (χ3v) is 4.43. The molecule has 0 atom stereocenters. The summed E-state index contributed by atoms with van der Waals surface area (Å²) in [5.41, 5.74) is 6.34. The van der Waals surface area contributed by atoms with E-state index in [1.807, 2.05) is 39.8 Å². The normalized spacial score (nSPS) is 11.0. The number of fused-ring (bicyclic) bond motifs is 1. The van der Waals surface area contributed by atoms with Crippen LogP contribution in [0.25, 0.3) is 5.65 Å². The summed E-state index contributed by atoms with van der Waals surface area (Å²) in [7, 11) is 0. The number of rotatable bonds is 5. The minimum Gasteiger partial charge on any atom is -0.491 e. The first kappa shape index (κ1) is 17.9. The number of benzene rings is 1. The molecule has 1 amide bonds. The summed E-state index contributed by atoms with van der Waals surface area (Å²) in [5.74, 6) is 0.666. The van der Waals surface area contributed by atoms with Crippen molar-refractivity contribution in [2.45, 2.75) is 34.6 Å². The van der Waals surface area contributed by atoms with Crippen molar-refractivity contribution < 1.29 is 9.53 Å². The highest BCUT2D eigenvalue weighted by Crippen LogP contribution is 2.23. The maximum atomic E-state index is 12.5. The number of hydrogen-bond donors (Lipinski definition) is 1. The van der Waals surface area contributed by atoms with Crippen LogP contribution in [0.5, 0.6) is 5.75 Å². The Morgan fingerprint density at radius 3 is 2.69 bits per heavy atom. The van der Waals surface area contributed by atoms with Crippen LogP contribution in [-0.2, 0) is 0 Å². The minimum absolute atomic E-state index is 0.196. The molecule has 0 radical (unpaired) electrons. The van der Waals surface area contributed by atoms with Gasteiger partial charge >= 0.3 is 0 Å². The van der Waals surface area contributed by atoms with Gasteiger partial charge in [-0.3, -0.25) is 4.79 Å². The van der Waals surface area contributed by atoms with Gasteiger partial charge in [0.15, 0.2) is 5.65 Å². The van der Waals surface area contributed by atoms with Gasteiger partial charge in [0.1, 0.15) is 17.9 Å². The van der Waals surface area contributed by atoms with Gasteiger partial charge in [-0.25, -0.2) is 9.50 Å². The van der Waals surface area contributed by atoms with Gasteiger partial charge in [0, 0.05) is 11.4 Å². The zero-order valence-electron chi connectivity index (χ0n) is 15.9. The van der Waals surface area contributed by atoms with Gasteiger partial charge in [-0.2, -0.15) is 5.10 Å². The van der Waals surface area contributed by atoms with Gasteiger partial charge in [-0.15, -0.1) is 0 Å². The molecule has 2 heterocycles. The third kappa shape index (κ3) is 3.54. The van der Waals surface area contributed by atoms with Crippen LogP contribution < -0.4 is 10.1 Å². The molecule has 0 fully saturated rings. The van der Waals surface area contributed by atoms with Crippen molar-refractivity contribution in [3.8, 4) is 5.75 Å². The molecule has 0 bridgehead atoms. The molecule has 3 rings (SSSR count). The predicted octanol–water partition coefficient (Wildman–Crippen LogP) is 3.08. The van der Waals surface area contributed by atoms with Crippen LogP contribution in [0.1, 0.15) is 38.4 Å². The van der Waals surface area contributed by atoms with E-state index in [1.165, 1.54) is 5.56 Å². The molecule has 0 aliphatic rings. The molecule has 0 saturated carbocycles. The summed E-state index contributed by atoms with van der Waals surface area (Å²) in [6.45, 7) is 10.8. The van der Waals surface area contributed by atoms with E-state index < -0.39 is 0 Å². The van der Waals surface area contributed by atoms with Crippen LogP contribution in [0, 0.1) is 34.6 Å². The number of ether oxygens (including phenoxy) is 1. The summed E-state index contributed by atoms with van der Waals surface area (Å²) in [6, 6.07) is 6.08. The van der Waals surface area contributed by atoms with E-state index in [9.17, 15) is 4.79 Å². The lowest BCUT2D eigenvalue weighted by molar-refractivity contribution is 0.0948. The van der Waals surface area contributed by atoms with Crippen LogP contribution >= 0.6 is 0 Å². The maximum absolute atomic E-state index is 12.5. The quantitative estimate of drug-likeness (QED) is 0.717. The number of amides is 1. The number of hydrogen-bond acceptors (Lipinski definition) is 4. The lowest BCUT2D eigenvalue weighted by atomic mass is 10.1. The van der Waals surface area contributed by atoms with E-state index in [4.69, 9.17) is 4.74 Å². The van der Waals surface area contributed by atoms with Gasteiger partial charge in [0.25, 0.3) is 5.91 Å². The molecule has 136 valence electrons. The van der Waals surface area contributed by atoms with E-state index in [0.717, 1.165) is 28.3 Å². The topological polar surface area (TPSA) is 68.5 Å². The van der Waals surface area contributed by atoms with Crippen molar-refractivity contribution >= 4 is 11.6 Å². The van der Waals surface area contributed by atoms with Gasteiger partial charge < -0.3 is 10.1 Å². The number of carbonyl (C=O) groups is 1. The zero-order chi connectivity index (χ0) is 18.8. The number of aryl methyl sites for hydroxylation is 4. The average molecular weight is 352 g/mol. The highest BCUT2D eigenvalue weighted by atomic mass is 16.5. The Hall–Kier alpha value is -2.89. The van der Waals surface area contributed by atoms with Gasteiger partial charge in [-0.05, 0) is 63.4 Å². The Morgan fingerprint density at radius 1 is 1.15 bits per heavy atom. The molecule has 0 aliphatic carbocycles. The van der Waals surface area contributed by atoms with Gasteiger partial charge in [-0.1, -0.05) is 6.07 Å². The monoisotopic (exact) mass is 352 g/mol. The van der Waals surface area contributed by atoms with Crippen molar-refractivity contribution in [3.05, 3.63) is 58.0 Å². The molecule has 2 aromatic heterocycles. The van der Waals surface area contributed by atoms with E-state index >= 15 is 0 Å². The Kier molecular flexibility index (Phi) is 4.93. The van der Waals surface area contributed by atoms with Crippen molar-refractivity contribution in [2.24, 2.45) is 0 Å². The first-order valence-corrected chi connectivity index (χ1v) is 8.67. The smallest absolute Gasteiger partial charge is 0.256 e. The Labute approximate surface area is 153 Å². The Morgan fingerprint density at radius 2 is 1.92 bits per heavy atom.